The van der Waals surface area contributed by atoms with Gasteiger partial charge in [0, 0.05) is 39.9 Å². The summed E-state index contributed by atoms with van der Waals surface area (Å²) in [5.41, 5.74) is 7.79. The second-order valence-electron chi connectivity index (χ2n) is 4.54. The minimum atomic E-state index is 0.408. The van der Waals surface area contributed by atoms with Crippen LogP contribution in [-0.2, 0) is 0 Å². The first-order valence-electron chi connectivity index (χ1n) is 5.98. The molecule has 0 saturated carbocycles. The lowest BCUT2D eigenvalue weighted by atomic mass is 10.1. The van der Waals surface area contributed by atoms with Crippen molar-refractivity contribution < 1.29 is 0 Å². The number of hydrogen-bond donors (Lipinski definition) is 1. The van der Waals surface area contributed by atoms with Crippen molar-refractivity contribution >= 4 is 46.3 Å². The summed E-state index contributed by atoms with van der Waals surface area (Å²) in [6.07, 6.45) is 0. The number of anilines is 1. The molecule has 0 spiro atoms. The zero-order valence-corrected chi connectivity index (χ0v) is 12.9. The number of rotatable bonds is 2. The summed E-state index contributed by atoms with van der Waals surface area (Å²) in [5, 5.41) is 1.28. The molecule has 2 unspecified atom stereocenters. The molecule has 0 aromatic heterocycles. The Kier molecular flexibility index (Phi) is 4.41. The first kappa shape index (κ1) is 14.0. The van der Waals surface area contributed by atoms with Crippen LogP contribution in [0, 0.1) is 0 Å². The van der Waals surface area contributed by atoms with Gasteiger partial charge < -0.3 is 10.6 Å². The fourth-order valence-electron chi connectivity index (χ4n) is 2.23. The Labute approximate surface area is 123 Å². The van der Waals surface area contributed by atoms with Crippen LogP contribution < -0.4 is 10.6 Å². The highest BCUT2D eigenvalue weighted by molar-refractivity contribution is 8.00. The van der Waals surface area contributed by atoms with Crippen molar-refractivity contribution in [3.05, 3.63) is 28.8 Å². The predicted molar refractivity (Wildman–Crippen MR) is 86.1 cm³/mol. The van der Waals surface area contributed by atoms with E-state index < -0.39 is 0 Å². The van der Waals surface area contributed by atoms with Gasteiger partial charge in [0.1, 0.15) is 4.99 Å². The summed E-state index contributed by atoms with van der Waals surface area (Å²) < 4.78 is 0. The van der Waals surface area contributed by atoms with Crippen LogP contribution >= 0.6 is 35.6 Å². The summed E-state index contributed by atoms with van der Waals surface area (Å²) in [6.45, 7) is 5.53. The van der Waals surface area contributed by atoms with Gasteiger partial charge in [-0.3, -0.25) is 0 Å². The van der Waals surface area contributed by atoms with Crippen LogP contribution in [0.1, 0.15) is 19.4 Å². The molecule has 1 heterocycles. The van der Waals surface area contributed by atoms with Crippen LogP contribution in [0.15, 0.2) is 18.2 Å². The molecule has 98 valence electrons. The highest BCUT2D eigenvalue weighted by Gasteiger charge is 2.27. The van der Waals surface area contributed by atoms with Crippen molar-refractivity contribution in [1.29, 1.82) is 0 Å². The summed E-state index contributed by atoms with van der Waals surface area (Å²) >= 11 is 13.2. The van der Waals surface area contributed by atoms with Crippen molar-refractivity contribution in [2.24, 2.45) is 5.73 Å². The number of halogens is 1. The van der Waals surface area contributed by atoms with Gasteiger partial charge in [-0.15, -0.1) is 0 Å². The monoisotopic (exact) mass is 300 g/mol. The van der Waals surface area contributed by atoms with Crippen LogP contribution in [-0.4, -0.2) is 28.6 Å². The van der Waals surface area contributed by atoms with E-state index in [1.807, 2.05) is 30.0 Å². The van der Waals surface area contributed by atoms with Gasteiger partial charge in [0.25, 0.3) is 0 Å². The molecule has 1 aromatic carbocycles. The van der Waals surface area contributed by atoms with Gasteiger partial charge in [0.2, 0.25) is 0 Å². The number of thioether (sulfide) groups is 1. The SMILES string of the molecule is CC1SCCN(c2ccc(Cl)cc2C(N)=S)C1C. The maximum atomic E-state index is 6.03. The number of nitrogens with two attached hydrogens (primary N) is 1. The number of nitrogens with zero attached hydrogens (tertiary/aromatic N) is 1. The molecule has 0 aliphatic carbocycles. The Balaban J connectivity index is 2.40. The Morgan fingerprint density at radius 1 is 1.50 bits per heavy atom. The lowest BCUT2D eigenvalue weighted by Crippen LogP contribution is -2.45. The summed E-state index contributed by atoms with van der Waals surface area (Å²) in [7, 11) is 0. The molecule has 1 aliphatic heterocycles. The Bertz CT molecular complexity index is 464. The summed E-state index contributed by atoms with van der Waals surface area (Å²) in [6, 6.07) is 6.25. The minimum Gasteiger partial charge on any atom is -0.389 e. The fourth-order valence-corrected chi connectivity index (χ4v) is 3.66. The Morgan fingerprint density at radius 3 is 2.89 bits per heavy atom. The summed E-state index contributed by atoms with van der Waals surface area (Å²) in [4.78, 5) is 2.79. The molecule has 1 aliphatic rings. The average molecular weight is 301 g/mol. The van der Waals surface area contributed by atoms with Crippen molar-refractivity contribution in [3.63, 3.8) is 0 Å². The van der Waals surface area contributed by atoms with E-state index in [9.17, 15) is 0 Å². The molecule has 0 amide bonds. The maximum Gasteiger partial charge on any atom is 0.106 e. The van der Waals surface area contributed by atoms with Crippen molar-refractivity contribution in [2.75, 3.05) is 17.2 Å². The van der Waals surface area contributed by atoms with Crippen LogP contribution in [0.5, 0.6) is 0 Å². The third kappa shape index (κ3) is 2.76. The standard InChI is InChI=1S/C13H17ClN2S2/c1-8-9(2)18-6-5-16(8)12-4-3-10(14)7-11(12)13(15)17/h3-4,7-9H,5-6H2,1-2H3,(H2,15,17). The molecule has 2 nitrogen and oxygen atoms in total. The first-order chi connectivity index (χ1) is 8.50. The van der Waals surface area contributed by atoms with E-state index in [4.69, 9.17) is 29.6 Å². The van der Waals surface area contributed by atoms with E-state index in [1.165, 1.54) is 0 Å². The third-order valence-electron chi connectivity index (χ3n) is 3.42. The summed E-state index contributed by atoms with van der Waals surface area (Å²) in [5.74, 6) is 1.13. The maximum absolute atomic E-state index is 6.03. The minimum absolute atomic E-state index is 0.408. The number of benzene rings is 1. The van der Waals surface area contributed by atoms with Gasteiger partial charge >= 0.3 is 0 Å². The molecule has 18 heavy (non-hydrogen) atoms. The average Bonchev–Trinajstić information content (AvgIpc) is 2.33. The van der Waals surface area contributed by atoms with E-state index in [0.717, 1.165) is 23.5 Å². The van der Waals surface area contributed by atoms with Crippen LogP contribution in [0.4, 0.5) is 5.69 Å². The smallest absolute Gasteiger partial charge is 0.106 e. The molecular weight excluding hydrogens is 284 g/mol. The zero-order valence-electron chi connectivity index (χ0n) is 10.5. The zero-order chi connectivity index (χ0) is 13.3. The van der Waals surface area contributed by atoms with Crippen LogP contribution in [0.25, 0.3) is 0 Å². The predicted octanol–water partition coefficient (Wildman–Crippen LogP) is 3.30. The number of thiocarbonyl (C=S) groups is 1. The lowest BCUT2D eigenvalue weighted by Gasteiger charge is -2.40. The van der Waals surface area contributed by atoms with Gasteiger partial charge in [-0.1, -0.05) is 30.7 Å². The van der Waals surface area contributed by atoms with Crippen molar-refractivity contribution in [1.82, 2.24) is 0 Å². The molecule has 1 aromatic rings. The van der Waals surface area contributed by atoms with E-state index in [1.54, 1.807) is 0 Å². The van der Waals surface area contributed by atoms with E-state index >= 15 is 0 Å². The highest BCUT2D eigenvalue weighted by Crippen LogP contribution is 2.32. The normalized spacial score (nSPS) is 24.1. The molecule has 1 saturated heterocycles. The van der Waals surface area contributed by atoms with E-state index in [-0.39, 0.29) is 0 Å². The lowest BCUT2D eigenvalue weighted by molar-refractivity contribution is 0.627. The fraction of sp³-hybridized carbons (Fsp3) is 0.462. The van der Waals surface area contributed by atoms with Gasteiger partial charge in [-0.05, 0) is 25.1 Å². The number of hydrogen-bond acceptors (Lipinski definition) is 3. The molecular formula is C13H17ClN2S2. The molecule has 1 fully saturated rings. The highest BCUT2D eigenvalue weighted by atomic mass is 35.5. The van der Waals surface area contributed by atoms with Gasteiger partial charge in [0.15, 0.2) is 0 Å². The van der Waals surface area contributed by atoms with Crippen molar-refractivity contribution in [3.8, 4) is 0 Å². The second kappa shape index (κ2) is 5.68. The molecule has 0 bridgehead atoms. The van der Waals surface area contributed by atoms with E-state index in [2.05, 4.69) is 18.7 Å². The van der Waals surface area contributed by atoms with Gasteiger partial charge in [-0.25, -0.2) is 0 Å². The van der Waals surface area contributed by atoms with Crippen LogP contribution in [0.2, 0.25) is 5.02 Å². The largest absolute Gasteiger partial charge is 0.389 e. The topological polar surface area (TPSA) is 29.3 Å². The third-order valence-corrected chi connectivity index (χ3v) is 5.21. The Morgan fingerprint density at radius 2 is 2.22 bits per heavy atom. The van der Waals surface area contributed by atoms with Gasteiger partial charge in [-0.2, -0.15) is 11.8 Å². The molecule has 2 rings (SSSR count). The Hall–Kier alpha value is -0.450. The van der Waals surface area contributed by atoms with Crippen molar-refractivity contribution in [2.45, 2.75) is 25.1 Å². The quantitative estimate of drug-likeness (QED) is 0.849. The van der Waals surface area contributed by atoms with E-state index in [0.29, 0.717) is 21.3 Å². The molecule has 0 radical (unpaired) electrons. The molecule has 2 atom stereocenters. The molecule has 5 heteroatoms. The molecule has 2 N–H and O–H groups in total. The first-order valence-corrected chi connectivity index (χ1v) is 7.82. The second-order valence-corrected chi connectivity index (χ2v) is 6.90. The van der Waals surface area contributed by atoms with Crippen LogP contribution in [0.3, 0.4) is 0 Å². The van der Waals surface area contributed by atoms with Gasteiger partial charge in [0.05, 0.1) is 0 Å².